The molecule has 2 heterocycles. The largest absolute Gasteiger partial charge is 0.309 e. The summed E-state index contributed by atoms with van der Waals surface area (Å²) in [5, 5.41) is 5.11. The van der Waals surface area contributed by atoms with Crippen LogP contribution in [0, 0.1) is 0 Å². The molecule has 1 atom stereocenters. The summed E-state index contributed by atoms with van der Waals surface area (Å²) in [5.74, 6) is 0.400. The van der Waals surface area contributed by atoms with Crippen LogP contribution in [0.25, 0.3) is 43.8 Å². The van der Waals surface area contributed by atoms with Crippen molar-refractivity contribution >= 4 is 38.6 Å². The lowest BCUT2D eigenvalue weighted by atomic mass is 9.63. The zero-order valence-electron chi connectivity index (χ0n) is 29.7. The summed E-state index contributed by atoms with van der Waals surface area (Å²) in [6, 6.07) is 50.2. The maximum atomic E-state index is 4.27. The van der Waals surface area contributed by atoms with Crippen LogP contribution < -0.4 is 4.90 Å². The number of hydrogen-bond donors (Lipinski definition) is 0. The predicted molar refractivity (Wildman–Crippen MR) is 214 cm³/mol. The number of allylic oxidation sites excluding steroid dienone is 1. The van der Waals surface area contributed by atoms with Gasteiger partial charge in [0.2, 0.25) is 0 Å². The lowest BCUT2D eigenvalue weighted by Gasteiger charge is -2.51. The van der Waals surface area contributed by atoms with Gasteiger partial charge in [-0.05, 0) is 114 Å². The zero-order chi connectivity index (χ0) is 34.4. The molecule has 0 amide bonds. The number of rotatable bonds is 5. The van der Waals surface area contributed by atoms with E-state index in [1.54, 1.807) is 0 Å². The van der Waals surface area contributed by atoms with Crippen LogP contribution in [0.4, 0.5) is 17.1 Å². The lowest BCUT2D eigenvalue weighted by Crippen LogP contribution is -2.39. The van der Waals surface area contributed by atoms with E-state index in [1.165, 1.54) is 88.7 Å². The molecule has 0 N–H and O–H groups in total. The maximum absolute atomic E-state index is 4.27. The Hall–Kier alpha value is -5.40. The lowest BCUT2D eigenvalue weighted by molar-refractivity contribution is 0.560. The fourth-order valence-corrected chi connectivity index (χ4v) is 9.07. The Morgan fingerprint density at radius 2 is 1.18 bits per heavy atom. The van der Waals surface area contributed by atoms with Gasteiger partial charge >= 0.3 is 0 Å². The summed E-state index contributed by atoms with van der Waals surface area (Å²) < 4.78 is 0. The fourth-order valence-electron chi connectivity index (χ4n) is 9.07. The number of nitrogens with zero attached hydrogens (tertiary/aromatic N) is 1. The molecule has 50 heavy (non-hydrogen) atoms. The second kappa shape index (κ2) is 11.1. The highest BCUT2D eigenvalue weighted by molar-refractivity contribution is 6.09. The number of para-hydroxylation sites is 2. The van der Waals surface area contributed by atoms with E-state index in [0.29, 0.717) is 5.92 Å². The molecule has 0 saturated carbocycles. The van der Waals surface area contributed by atoms with Crippen LogP contribution in [0.1, 0.15) is 74.8 Å². The van der Waals surface area contributed by atoms with Crippen molar-refractivity contribution in [3.05, 3.63) is 174 Å². The fraction of sp³-hybridized carbons (Fsp3) is 0.184. The predicted octanol–water partition coefficient (Wildman–Crippen LogP) is 13.8. The van der Waals surface area contributed by atoms with E-state index in [2.05, 4.69) is 186 Å². The van der Waals surface area contributed by atoms with Gasteiger partial charge in [-0.1, -0.05) is 144 Å². The van der Waals surface area contributed by atoms with Gasteiger partial charge in [-0.25, -0.2) is 0 Å². The maximum Gasteiger partial charge on any atom is 0.0544 e. The number of anilines is 3. The quantitative estimate of drug-likeness (QED) is 0.133. The Morgan fingerprint density at radius 1 is 0.560 bits per heavy atom. The van der Waals surface area contributed by atoms with E-state index in [0.717, 1.165) is 6.42 Å². The molecule has 244 valence electrons. The molecule has 7 aromatic carbocycles. The van der Waals surface area contributed by atoms with Crippen molar-refractivity contribution in [3.8, 4) is 22.3 Å². The first-order chi connectivity index (χ1) is 24.2. The number of fused-ring (bicyclic) bond motifs is 7. The Labute approximate surface area is 296 Å². The average Bonchev–Trinajstić information content (AvgIpc) is 3.14. The Morgan fingerprint density at radius 3 is 1.86 bits per heavy atom. The van der Waals surface area contributed by atoms with Crippen LogP contribution in [0.5, 0.6) is 0 Å². The standard InChI is InChI=1S/C49H43N/c1-7-26-49(6)41-17-11-12-19-45(41)50-46-38(31(2)3)16-13-18-42(46)48(4,5)43-29-37(30-44(49)47(43)50)34-23-25-40-36(28-34)21-20-35-27-33(22-24-39(35)40)32-14-9-8-10-15-32/h7-25,27-31H,1,26H2,2-6H3. The van der Waals surface area contributed by atoms with Crippen molar-refractivity contribution in [1.29, 1.82) is 0 Å². The first-order valence-corrected chi connectivity index (χ1v) is 18.1. The molecule has 0 bridgehead atoms. The third-order valence-corrected chi connectivity index (χ3v) is 11.8. The molecular formula is C49H43N. The minimum absolute atomic E-state index is 0.193. The van der Waals surface area contributed by atoms with E-state index in [4.69, 9.17) is 0 Å². The van der Waals surface area contributed by atoms with Crippen LogP contribution in [0.15, 0.2) is 146 Å². The van der Waals surface area contributed by atoms with Crippen LogP contribution >= 0.6 is 0 Å². The van der Waals surface area contributed by atoms with Crippen molar-refractivity contribution in [2.75, 3.05) is 4.90 Å². The molecule has 1 unspecified atom stereocenters. The highest BCUT2D eigenvalue weighted by atomic mass is 15.2. The molecule has 0 spiro atoms. The molecule has 2 aliphatic rings. The molecule has 0 fully saturated rings. The van der Waals surface area contributed by atoms with Gasteiger partial charge in [-0.3, -0.25) is 0 Å². The van der Waals surface area contributed by atoms with Crippen molar-refractivity contribution in [1.82, 2.24) is 0 Å². The molecule has 0 radical (unpaired) electrons. The van der Waals surface area contributed by atoms with Crippen LogP contribution in [0.3, 0.4) is 0 Å². The van der Waals surface area contributed by atoms with Crippen molar-refractivity contribution in [2.45, 2.75) is 57.8 Å². The first kappa shape index (κ1) is 30.6. The average molecular weight is 646 g/mol. The monoisotopic (exact) mass is 645 g/mol. The SMILES string of the molecule is C=CCC1(C)c2ccccc2N2c3c(C(C)C)cccc3C(C)(C)c3cc(-c4ccc5c(ccc6cc(-c7ccccc7)ccc65)c4)cc1c32. The molecule has 0 saturated heterocycles. The summed E-state index contributed by atoms with van der Waals surface area (Å²) in [6.07, 6.45) is 2.97. The molecule has 0 aromatic heterocycles. The van der Waals surface area contributed by atoms with Crippen molar-refractivity contribution < 1.29 is 0 Å². The summed E-state index contributed by atoms with van der Waals surface area (Å²) in [4.78, 5) is 2.61. The smallest absolute Gasteiger partial charge is 0.0544 e. The van der Waals surface area contributed by atoms with Crippen LogP contribution in [-0.4, -0.2) is 0 Å². The molecular weight excluding hydrogens is 603 g/mol. The van der Waals surface area contributed by atoms with E-state index < -0.39 is 0 Å². The van der Waals surface area contributed by atoms with Gasteiger partial charge in [0.15, 0.2) is 0 Å². The molecule has 9 rings (SSSR count). The first-order valence-electron chi connectivity index (χ1n) is 18.1. The van der Waals surface area contributed by atoms with Crippen molar-refractivity contribution in [2.24, 2.45) is 0 Å². The van der Waals surface area contributed by atoms with Gasteiger partial charge < -0.3 is 4.90 Å². The summed E-state index contributed by atoms with van der Waals surface area (Å²) in [6.45, 7) is 16.2. The molecule has 7 aromatic rings. The van der Waals surface area contributed by atoms with Gasteiger partial charge in [0.25, 0.3) is 0 Å². The highest BCUT2D eigenvalue weighted by Crippen LogP contribution is 2.62. The highest BCUT2D eigenvalue weighted by Gasteiger charge is 2.47. The molecule has 1 nitrogen and oxygen atoms in total. The van der Waals surface area contributed by atoms with Gasteiger partial charge in [0.1, 0.15) is 0 Å². The van der Waals surface area contributed by atoms with Gasteiger partial charge in [-0.2, -0.15) is 0 Å². The van der Waals surface area contributed by atoms with E-state index in [-0.39, 0.29) is 10.8 Å². The molecule has 0 aliphatic carbocycles. The topological polar surface area (TPSA) is 3.24 Å². The zero-order valence-corrected chi connectivity index (χ0v) is 29.7. The second-order valence-corrected chi connectivity index (χ2v) is 15.4. The van der Waals surface area contributed by atoms with E-state index >= 15 is 0 Å². The third-order valence-electron chi connectivity index (χ3n) is 11.8. The van der Waals surface area contributed by atoms with E-state index in [9.17, 15) is 0 Å². The van der Waals surface area contributed by atoms with E-state index in [1.807, 2.05) is 0 Å². The van der Waals surface area contributed by atoms with Crippen LogP contribution in [0.2, 0.25) is 0 Å². The molecule has 2 aliphatic heterocycles. The molecule has 1 heteroatoms. The van der Waals surface area contributed by atoms with Gasteiger partial charge in [-0.15, -0.1) is 6.58 Å². The van der Waals surface area contributed by atoms with Gasteiger partial charge in [0.05, 0.1) is 17.1 Å². The van der Waals surface area contributed by atoms with Gasteiger partial charge in [0, 0.05) is 10.8 Å². The number of benzene rings is 7. The minimum Gasteiger partial charge on any atom is -0.309 e. The minimum atomic E-state index is -0.223. The Kier molecular flexibility index (Phi) is 6.78. The summed E-state index contributed by atoms with van der Waals surface area (Å²) in [7, 11) is 0. The third kappa shape index (κ3) is 4.32. The normalized spacial score (nSPS) is 17.0. The van der Waals surface area contributed by atoms with Crippen LogP contribution in [-0.2, 0) is 10.8 Å². The number of hydrogen-bond acceptors (Lipinski definition) is 1. The summed E-state index contributed by atoms with van der Waals surface area (Å²) >= 11 is 0. The van der Waals surface area contributed by atoms with Crippen molar-refractivity contribution in [3.63, 3.8) is 0 Å². The second-order valence-electron chi connectivity index (χ2n) is 15.4. The summed E-state index contributed by atoms with van der Waals surface area (Å²) in [5.41, 5.74) is 15.5. The Bertz CT molecular complexity index is 2500. The Balaban J connectivity index is 1.27.